The maximum atomic E-state index is 12.3. The summed E-state index contributed by atoms with van der Waals surface area (Å²) in [5.74, 6) is 0.459. The number of amides is 2. The van der Waals surface area contributed by atoms with E-state index in [4.69, 9.17) is 4.74 Å². The number of hydrogen-bond acceptors (Lipinski definition) is 4. The molecule has 6 nitrogen and oxygen atoms in total. The van der Waals surface area contributed by atoms with Crippen molar-refractivity contribution in [3.05, 3.63) is 60.2 Å². The molecule has 0 atom stereocenters. The van der Waals surface area contributed by atoms with Crippen LogP contribution >= 0.6 is 0 Å². The summed E-state index contributed by atoms with van der Waals surface area (Å²) >= 11 is 0. The van der Waals surface area contributed by atoms with Crippen LogP contribution in [0.2, 0.25) is 0 Å². The minimum atomic E-state index is -0.185. The van der Waals surface area contributed by atoms with Crippen molar-refractivity contribution in [2.45, 2.75) is 27.2 Å². The van der Waals surface area contributed by atoms with Gasteiger partial charge in [-0.1, -0.05) is 25.6 Å². The van der Waals surface area contributed by atoms with Gasteiger partial charge in [-0.25, -0.2) is 0 Å². The first-order chi connectivity index (χ1) is 13.4. The van der Waals surface area contributed by atoms with Crippen molar-refractivity contribution in [3.63, 3.8) is 0 Å². The normalized spacial score (nSPS) is 10.1. The van der Waals surface area contributed by atoms with Gasteiger partial charge in [0.2, 0.25) is 11.8 Å². The number of ether oxygens (including phenoxy) is 1. The SMILES string of the molecule is C=C(C)COc1cccc(NCC(=O)Nc2cccc(NC(=O)CC)c2C)c1. The summed E-state index contributed by atoms with van der Waals surface area (Å²) in [6, 6.07) is 12.8. The summed E-state index contributed by atoms with van der Waals surface area (Å²) in [4.78, 5) is 23.9. The van der Waals surface area contributed by atoms with Crippen LogP contribution in [0.1, 0.15) is 25.8 Å². The molecular weight excluding hydrogens is 354 g/mol. The molecule has 0 aliphatic carbocycles. The minimum absolute atomic E-state index is 0.0676. The molecule has 0 unspecified atom stereocenters. The van der Waals surface area contributed by atoms with Crippen LogP contribution in [-0.4, -0.2) is 25.0 Å². The van der Waals surface area contributed by atoms with Crippen LogP contribution in [0.25, 0.3) is 0 Å². The topological polar surface area (TPSA) is 79.5 Å². The summed E-state index contributed by atoms with van der Waals surface area (Å²) < 4.78 is 5.61. The molecule has 3 N–H and O–H groups in total. The van der Waals surface area contributed by atoms with Gasteiger partial charge < -0.3 is 20.7 Å². The third-order valence-corrected chi connectivity index (χ3v) is 3.98. The second-order valence-corrected chi connectivity index (χ2v) is 6.56. The number of anilines is 3. The predicted molar refractivity (Wildman–Crippen MR) is 114 cm³/mol. The maximum Gasteiger partial charge on any atom is 0.243 e. The van der Waals surface area contributed by atoms with Gasteiger partial charge >= 0.3 is 0 Å². The molecule has 0 aliphatic heterocycles. The summed E-state index contributed by atoms with van der Waals surface area (Å²) in [5.41, 5.74) is 3.90. The van der Waals surface area contributed by atoms with E-state index in [1.807, 2.05) is 44.2 Å². The van der Waals surface area contributed by atoms with Gasteiger partial charge in [0.25, 0.3) is 0 Å². The van der Waals surface area contributed by atoms with E-state index in [1.165, 1.54) is 0 Å². The van der Waals surface area contributed by atoms with E-state index in [-0.39, 0.29) is 18.4 Å². The van der Waals surface area contributed by atoms with Crippen LogP contribution in [0, 0.1) is 6.92 Å². The fourth-order valence-electron chi connectivity index (χ4n) is 2.42. The highest BCUT2D eigenvalue weighted by molar-refractivity contribution is 5.97. The Bertz CT molecular complexity index is 862. The van der Waals surface area contributed by atoms with E-state index >= 15 is 0 Å². The Morgan fingerprint density at radius 2 is 1.68 bits per heavy atom. The zero-order chi connectivity index (χ0) is 20.5. The van der Waals surface area contributed by atoms with Crippen LogP contribution in [0.4, 0.5) is 17.1 Å². The van der Waals surface area contributed by atoms with Gasteiger partial charge in [-0.3, -0.25) is 9.59 Å². The Morgan fingerprint density at radius 3 is 2.32 bits per heavy atom. The summed E-state index contributed by atoms with van der Waals surface area (Å²) in [7, 11) is 0. The first kappa shape index (κ1) is 21.0. The standard InChI is InChI=1S/C22H27N3O3/c1-5-21(26)24-19-10-7-11-20(16(19)4)25-22(27)13-23-17-8-6-9-18(12-17)28-14-15(2)3/h6-12,23H,2,5,13-14H2,1,3-4H3,(H,24,26)(H,25,27). The Labute approximate surface area is 166 Å². The lowest BCUT2D eigenvalue weighted by Gasteiger charge is -2.14. The molecule has 0 aliphatic rings. The van der Waals surface area contributed by atoms with Gasteiger partial charge in [-0.15, -0.1) is 0 Å². The number of benzene rings is 2. The molecule has 0 heterocycles. The lowest BCUT2D eigenvalue weighted by molar-refractivity contribution is -0.116. The van der Waals surface area contributed by atoms with Gasteiger partial charge in [-0.05, 0) is 49.2 Å². The number of rotatable bonds is 9. The molecule has 0 radical (unpaired) electrons. The third-order valence-electron chi connectivity index (χ3n) is 3.98. The molecule has 0 aromatic heterocycles. The van der Waals surface area contributed by atoms with E-state index in [0.29, 0.717) is 30.2 Å². The van der Waals surface area contributed by atoms with Crippen molar-refractivity contribution in [1.82, 2.24) is 0 Å². The number of hydrogen-bond donors (Lipinski definition) is 3. The molecule has 0 saturated heterocycles. The first-order valence-electron chi connectivity index (χ1n) is 9.19. The van der Waals surface area contributed by atoms with Gasteiger partial charge in [0.15, 0.2) is 0 Å². The third kappa shape index (κ3) is 6.46. The smallest absolute Gasteiger partial charge is 0.243 e. The quantitative estimate of drug-likeness (QED) is 0.564. The minimum Gasteiger partial charge on any atom is -0.489 e. The predicted octanol–water partition coefficient (Wildman–Crippen LogP) is 4.35. The highest BCUT2D eigenvalue weighted by Crippen LogP contribution is 2.23. The molecule has 0 fully saturated rings. The average Bonchev–Trinajstić information content (AvgIpc) is 2.68. The summed E-state index contributed by atoms with van der Waals surface area (Å²) in [6.45, 7) is 9.92. The van der Waals surface area contributed by atoms with Crippen LogP contribution in [0.3, 0.4) is 0 Å². The average molecular weight is 381 g/mol. The highest BCUT2D eigenvalue weighted by Gasteiger charge is 2.09. The molecule has 2 amide bonds. The van der Waals surface area contributed by atoms with Crippen molar-refractivity contribution in [1.29, 1.82) is 0 Å². The monoisotopic (exact) mass is 381 g/mol. The van der Waals surface area contributed by atoms with Crippen LogP contribution in [0.15, 0.2) is 54.6 Å². The molecule has 2 rings (SSSR count). The molecule has 28 heavy (non-hydrogen) atoms. The molecule has 2 aromatic rings. The Kier molecular flexibility index (Phi) is 7.63. The lowest BCUT2D eigenvalue weighted by Crippen LogP contribution is -2.22. The van der Waals surface area contributed by atoms with E-state index in [1.54, 1.807) is 19.1 Å². The first-order valence-corrected chi connectivity index (χ1v) is 9.19. The number of carbonyl (C=O) groups excluding carboxylic acids is 2. The molecule has 2 aromatic carbocycles. The zero-order valence-corrected chi connectivity index (χ0v) is 16.6. The van der Waals surface area contributed by atoms with E-state index < -0.39 is 0 Å². The largest absolute Gasteiger partial charge is 0.489 e. The molecule has 0 bridgehead atoms. The van der Waals surface area contributed by atoms with Crippen molar-refractivity contribution in [2.24, 2.45) is 0 Å². The second kappa shape index (κ2) is 10.2. The van der Waals surface area contributed by atoms with Crippen LogP contribution < -0.4 is 20.7 Å². The van der Waals surface area contributed by atoms with Crippen LogP contribution in [-0.2, 0) is 9.59 Å². The van der Waals surface area contributed by atoms with Gasteiger partial charge in [0, 0.05) is 29.5 Å². The molecular formula is C22H27N3O3. The molecule has 0 spiro atoms. The molecule has 148 valence electrons. The highest BCUT2D eigenvalue weighted by atomic mass is 16.5. The van der Waals surface area contributed by atoms with Crippen molar-refractivity contribution in [2.75, 3.05) is 29.1 Å². The summed E-state index contributed by atoms with van der Waals surface area (Å²) in [6.07, 6.45) is 0.398. The van der Waals surface area contributed by atoms with Crippen LogP contribution in [0.5, 0.6) is 5.75 Å². The number of carbonyl (C=O) groups is 2. The lowest BCUT2D eigenvalue weighted by atomic mass is 10.1. The zero-order valence-electron chi connectivity index (χ0n) is 16.6. The molecule has 0 saturated carbocycles. The van der Waals surface area contributed by atoms with Crippen molar-refractivity contribution >= 4 is 28.9 Å². The Morgan fingerprint density at radius 1 is 1.04 bits per heavy atom. The van der Waals surface area contributed by atoms with Gasteiger partial charge in [0.1, 0.15) is 12.4 Å². The molecule has 6 heteroatoms. The fourth-order valence-corrected chi connectivity index (χ4v) is 2.42. The van der Waals surface area contributed by atoms with E-state index in [2.05, 4.69) is 22.5 Å². The van der Waals surface area contributed by atoms with Crippen molar-refractivity contribution in [3.8, 4) is 5.75 Å². The fraction of sp³-hybridized carbons (Fsp3) is 0.273. The summed E-state index contributed by atoms with van der Waals surface area (Å²) in [5, 5.41) is 8.79. The maximum absolute atomic E-state index is 12.3. The van der Waals surface area contributed by atoms with E-state index in [9.17, 15) is 9.59 Å². The second-order valence-electron chi connectivity index (χ2n) is 6.56. The Balaban J connectivity index is 1.94. The van der Waals surface area contributed by atoms with Gasteiger partial charge in [-0.2, -0.15) is 0 Å². The van der Waals surface area contributed by atoms with Gasteiger partial charge in [0.05, 0.1) is 6.54 Å². The number of nitrogens with one attached hydrogen (secondary N) is 3. The Hall–Kier alpha value is -3.28. The van der Waals surface area contributed by atoms with Crippen molar-refractivity contribution < 1.29 is 14.3 Å². The van der Waals surface area contributed by atoms with E-state index in [0.717, 1.165) is 16.8 Å².